The number of carbonyl (C=O) groups excluding carboxylic acids is 2. The van der Waals surface area contributed by atoms with Crippen LogP contribution in [0.3, 0.4) is 0 Å². The molecule has 0 unspecified atom stereocenters. The highest BCUT2D eigenvalue weighted by atomic mass is 16.6. The third-order valence-corrected chi connectivity index (χ3v) is 3.60. The second-order valence-corrected chi connectivity index (χ2v) is 5.45. The van der Waals surface area contributed by atoms with E-state index in [1.54, 1.807) is 30.3 Å². The molecule has 2 rings (SSSR count). The second kappa shape index (κ2) is 9.31. The molecule has 2 aromatic carbocycles. The predicted octanol–water partition coefficient (Wildman–Crippen LogP) is 3.56. The summed E-state index contributed by atoms with van der Waals surface area (Å²) in [6.45, 7) is 2.10. The van der Waals surface area contributed by atoms with Gasteiger partial charge in [-0.2, -0.15) is 0 Å². The van der Waals surface area contributed by atoms with Crippen molar-refractivity contribution in [1.29, 1.82) is 0 Å². The fourth-order valence-electron chi connectivity index (χ4n) is 2.34. The van der Waals surface area contributed by atoms with Crippen molar-refractivity contribution in [3.63, 3.8) is 0 Å². The number of nitro groups is 1. The molecule has 26 heavy (non-hydrogen) atoms. The van der Waals surface area contributed by atoms with Gasteiger partial charge in [-0.15, -0.1) is 0 Å². The van der Waals surface area contributed by atoms with Gasteiger partial charge in [0.1, 0.15) is 0 Å². The standard InChI is InChI=1S/C19H19NO6/c1-2-12-25-18(21)15-8-4-5-9-16(15)19(22)26-13-11-14-7-3-6-10-17(14)20(23)24/h3-10H,2,11-13H2,1H3. The summed E-state index contributed by atoms with van der Waals surface area (Å²) in [6.07, 6.45) is 0.875. The van der Waals surface area contributed by atoms with Gasteiger partial charge >= 0.3 is 11.9 Å². The van der Waals surface area contributed by atoms with Gasteiger partial charge < -0.3 is 9.47 Å². The predicted molar refractivity (Wildman–Crippen MR) is 94.1 cm³/mol. The van der Waals surface area contributed by atoms with E-state index in [0.29, 0.717) is 12.0 Å². The Kier molecular flexibility index (Phi) is 6.84. The first-order valence-electron chi connectivity index (χ1n) is 8.20. The van der Waals surface area contributed by atoms with Crippen LogP contribution in [0, 0.1) is 10.1 Å². The van der Waals surface area contributed by atoms with Crippen molar-refractivity contribution in [3.05, 3.63) is 75.3 Å². The number of hydrogen-bond acceptors (Lipinski definition) is 6. The van der Waals surface area contributed by atoms with Crippen LogP contribution in [-0.2, 0) is 15.9 Å². The van der Waals surface area contributed by atoms with E-state index in [4.69, 9.17) is 9.47 Å². The number of nitro benzene ring substituents is 1. The Balaban J connectivity index is 2.03. The van der Waals surface area contributed by atoms with Gasteiger partial charge in [0, 0.05) is 18.1 Å². The molecule has 0 radical (unpaired) electrons. The molecule has 0 bridgehead atoms. The Bertz CT molecular complexity index is 802. The van der Waals surface area contributed by atoms with E-state index in [9.17, 15) is 19.7 Å². The average Bonchev–Trinajstić information content (AvgIpc) is 2.66. The minimum atomic E-state index is -0.673. The minimum Gasteiger partial charge on any atom is -0.462 e. The summed E-state index contributed by atoms with van der Waals surface area (Å²) in [7, 11) is 0. The molecule has 0 fully saturated rings. The van der Waals surface area contributed by atoms with Gasteiger partial charge in [0.25, 0.3) is 5.69 Å². The van der Waals surface area contributed by atoms with Crippen LogP contribution in [0.15, 0.2) is 48.5 Å². The van der Waals surface area contributed by atoms with Crippen LogP contribution in [0.5, 0.6) is 0 Å². The Morgan fingerprint density at radius 2 is 1.46 bits per heavy atom. The summed E-state index contributed by atoms with van der Waals surface area (Å²) in [4.78, 5) is 34.8. The van der Waals surface area contributed by atoms with Crippen molar-refractivity contribution in [3.8, 4) is 0 Å². The molecule has 0 aliphatic carbocycles. The van der Waals surface area contributed by atoms with E-state index in [0.717, 1.165) is 0 Å². The van der Waals surface area contributed by atoms with Crippen molar-refractivity contribution in [2.75, 3.05) is 13.2 Å². The largest absolute Gasteiger partial charge is 0.462 e. The normalized spacial score (nSPS) is 10.2. The highest BCUT2D eigenvalue weighted by molar-refractivity contribution is 6.03. The first-order chi connectivity index (χ1) is 12.5. The zero-order chi connectivity index (χ0) is 18.9. The molecular weight excluding hydrogens is 338 g/mol. The van der Waals surface area contributed by atoms with Crippen LogP contribution in [0.1, 0.15) is 39.6 Å². The maximum absolute atomic E-state index is 12.3. The number of para-hydroxylation sites is 1. The number of carbonyl (C=O) groups is 2. The molecule has 7 heteroatoms. The third-order valence-electron chi connectivity index (χ3n) is 3.60. The van der Waals surface area contributed by atoms with E-state index >= 15 is 0 Å². The molecular formula is C19H19NO6. The lowest BCUT2D eigenvalue weighted by atomic mass is 10.1. The summed E-state index contributed by atoms with van der Waals surface area (Å²) >= 11 is 0. The first-order valence-corrected chi connectivity index (χ1v) is 8.20. The number of hydrogen-bond donors (Lipinski definition) is 0. The Hall–Kier alpha value is -3.22. The Morgan fingerprint density at radius 1 is 0.923 bits per heavy atom. The maximum atomic E-state index is 12.3. The zero-order valence-electron chi connectivity index (χ0n) is 14.3. The van der Waals surface area contributed by atoms with Gasteiger partial charge in [-0.05, 0) is 18.6 Å². The number of esters is 2. The van der Waals surface area contributed by atoms with Crippen molar-refractivity contribution < 1.29 is 24.0 Å². The lowest BCUT2D eigenvalue weighted by Crippen LogP contribution is -2.15. The summed E-state index contributed by atoms with van der Waals surface area (Å²) < 4.78 is 10.3. The Labute approximate surface area is 150 Å². The molecule has 0 amide bonds. The van der Waals surface area contributed by atoms with E-state index in [2.05, 4.69) is 0 Å². The summed E-state index contributed by atoms with van der Waals surface area (Å²) in [6, 6.07) is 12.5. The van der Waals surface area contributed by atoms with E-state index in [1.807, 2.05) is 6.92 Å². The second-order valence-electron chi connectivity index (χ2n) is 5.45. The number of rotatable bonds is 8. The monoisotopic (exact) mass is 357 g/mol. The quantitative estimate of drug-likeness (QED) is 0.407. The van der Waals surface area contributed by atoms with Crippen molar-refractivity contribution in [2.24, 2.45) is 0 Å². The maximum Gasteiger partial charge on any atom is 0.339 e. The molecule has 0 spiro atoms. The van der Waals surface area contributed by atoms with Gasteiger partial charge in [-0.25, -0.2) is 9.59 Å². The molecule has 136 valence electrons. The zero-order valence-corrected chi connectivity index (χ0v) is 14.3. The molecule has 0 saturated carbocycles. The molecule has 0 aliphatic rings. The molecule has 2 aromatic rings. The van der Waals surface area contributed by atoms with Crippen molar-refractivity contribution >= 4 is 17.6 Å². The van der Waals surface area contributed by atoms with Gasteiger partial charge in [0.05, 0.1) is 29.3 Å². The van der Waals surface area contributed by atoms with Crippen LogP contribution < -0.4 is 0 Å². The van der Waals surface area contributed by atoms with E-state index < -0.39 is 16.9 Å². The molecule has 7 nitrogen and oxygen atoms in total. The highest BCUT2D eigenvalue weighted by Gasteiger charge is 2.19. The minimum absolute atomic E-state index is 0.0212. The summed E-state index contributed by atoms with van der Waals surface area (Å²) in [5.41, 5.74) is 0.695. The van der Waals surface area contributed by atoms with Gasteiger partial charge in [-0.1, -0.05) is 37.3 Å². The first kappa shape index (κ1) is 19.1. The Morgan fingerprint density at radius 3 is 2.04 bits per heavy atom. The van der Waals surface area contributed by atoms with Crippen LogP contribution >= 0.6 is 0 Å². The molecule has 0 N–H and O–H groups in total. The summed E-state index contributed by atoms with van der Waals surface area (Å²) in [5, 5.41) is 11.0. The SMILES string of the molecule is CCCOC(=O)c1ccccc1C(=O)OCCc1ccccc1[N+](=O)[O-]. The van der Waals surface area contributed by atoms with E-state index in [1.165, 1.54) is 18.2 Å². The topological polar surface area (TPSA) is 95.7 Å². The van der Waals surface area contributed by atoms with E-state index in [-0.39, 0.29) is 36.4 Å². The number of ether oxygens (including phenoxy) is 2. The fraction of sp³-hybridized carbons (Fsp3) is 0.263. The lowest BCUT2D eigenvalue weighted by molar-refractivity contribution is -0.385. The lowest BCUT2D eigenvalue weighted by Gasteiger charge is -2.09. The smallest absolute Gasteiger partial charge is 0.339 e. The summed E-state index contributed by atoms with van der Waals surface area (Å²) in [5.74, 6) is -1.26. The molecule has 0 atom stereocenters. The molecule has 0 heterocycles. The number of nitrogens with zero attached hydrogens (tertiary/aromatic N) is 1. The molecule has 0 aromatic heterocycles. The van der Waals surface area contributed by atoms with Gasteiger partial charge in [0.2, 0.25) is 0 Å². The van der Waals surface area contributed by atoms with Crippen molar-refractivity contribution in [2.45, 2.75) is 19.8 Å². The van der Waals surface area contributed by atoms with Crippen LogP contribution in [0.25, 0.3) is 0 Å². The van der Waals surface area contributed by atoms with Gasteiger partial charge in [0.15, 0.2) is 0 Å². The highest BCUT2D eigenvalue weighted by Crippen LogP contribution is 2.18. The molecule has 0 saturated heterocycles. The van der Waals surface area contributed by atoms with Crippen molar-refractivity contribution in [1.82, 2.24) is 0 Å². The fourth-order valence-corrected chi connectivity index (χ4v) is 2.34. The van der Waals surface area contributed by atoms with Gasteiger partial charge in [-0.3, -0.25) is 10.1 Å². The third kappa shape index (κ3) is 4.89. The van der Waals surface area contributed by atoms with Crippen LogP contribution in [0.4, 0.5) is 5.69 Å². The van der Waals surface area contributed by atoms with Crippen LogP contribution in [0.2, 0.25) is 0 Å². The average molecular weight is 357 g/mol. The molecule has 0 aliphatic heterocycles. The number of benzene rings is 2. The van der Waals surface area contributed by atoms with Crippen LogP contribution in [-0.4, -0.2) is 30.1 Å².